The highest BCUT2D eigenvalue weighted by atomic mass is 16.1. The molecule has 0 aromatic rings. The Hall–Kier alpha value is -0.590. The average molecular weight is 98.1 g/mol. The first kappa shape index (κ1) is 6.41. The number of carbonyl (C=O) groups is 1. The van der Waals surface area contributed by atoms with Crippen LogP contribution < -0.4 is 0 Å². The molecule has 0 aliphatic rings. The van der Waals surface area contributed by atoms with Crippen molar-refractivity contribution in [2.75, 3.05) is 0 Å². The van der Waals surface area contributed by atoms with Crippen LogP contribution in [0.15, 0.2) is 12.2 Å². The summed E-state index contributed by atoms with van der Waals surface area (Å²) in [7, 11) is 0. The number of carbonyl (C=O) groups excluding carboxylic acids is 1. The van der Waals surface area contributed by atoms with Crippen LogP contribution in [0.3, 0.4) is 0 Å². The molecule has 0 aliphatic heterocycles. The predicted molar refractivity (Wildman–Crippen MR) is 30.1 cm³/mol. The number of rotatable bonds is 2. The topological polar surface area (TPSA) is 17.1 Å². The molecule has 0 radical (unpaired) electrons. The molecule has 1 heteroatoms. The van der Waals surface area contributed by atoms with E-state index in [0.717, 1.165) is 6.42 Å². The van der Waals surface area contributed by atoms with Crippen molar-refractivity contribution in [1.82, 2.24) is 0 Å². The van der Waals surface area contributed by atoms with E-state index in [2.05, 4.69) is 0 Å². The molecule has 0 saturated heterocycles. The van der Waals surface area contributed by atoms with Crippen LogP contribution in [-0.4, -0.2) is 5.78 Å². The van der Waals surface area contributed by atoms with E-state index in [1.807, 2.05) is 13.0 Å². The van der Waals surface area contributed by atoms with E-state index in [0.29, 0.717) is 0 Å². The van der Waals surface area contributed by atoms with Gasteiger partial charge in [-0.1, -0.05) is 13.0 Å². The third kappa shape index (κ3) is 5.41. The smallest absolute Gasteiger partial charge is 0.152 e. The van der Waals surface area contributed by atoms with Gasteiger partial charge in [0.2, 0.25) is 0 Å². The second-order valence-corrected chi connectivity index (χ2v) is 1.42. The maximum Gasteiger partial charge on any atom is 0.152 e. The SMILES string of the molecule is CC/C=C/C(C)=O. The molecular formula is C6H10O. The Kier molecular flexibility index (Phi) is 3.29. The Bertz CT molecular complexity index is 82.2. The molecular weight excluding hydrogens is 88.1 g/mol. The van der Waals surface area contributed by atoms with Crippen molar-refractivity contribution in [2.24, 2.45) is 0 Å². The summed E-state index contributed by atoms with van der Waals surface area (Å²) in [4.78, 5) is 10.1. The third-order valence-electron chi connectivity index (χ3n) is 0.588. The summed E-state index contributed by atoms with van der Waals surface area (Å²) < 4.78 is 0. The first-order valence-corrected chi connectivity index (χ1v) is 2.44. The summed E-state index contributed by atoms with van der Waals surface area (Å²) >= 11 is 0. The molecule has 0 unspecified atom stereocenters. The van der Waals surface area contributed by atoms with E-state index in [-0.39, 0.29) is 5.78 Å². The highest BCUT2D eigenvalue weighted by Gasteiger charge is 1.75. The summed E-state index contributed by atoms with van der Waals surface area (Å²) in [6, 6.07) is 0. The molecule has 0 amide bonds. The minimum atomic E-state index is 0.127. The summed E-state index contributed by atoms with van der Waals surface area (Å²) in [6.45, 7) is 3.55. The van der Waals surface area contributed by atoms with Crippen LogP contribution in [0.25, 0.3) is 0 Å². The summed E-state index contributed by atoms with van der Waals surface area (Å²) in [5, 5.41) is 0. The molecule has 40 valence electrons. The fraction of sp³-hybridized carbons (Fsp3) is 0.500. The van der Waals surface area contributed by atoms with Crippen molar-refractivity contribution in [1.29, 1.82) is 0 Å². The van der Waals surface area contributed by atoms with Crippen molar-refractivity contribution in [3.05, 3.63) is 12.2 Å². The Morgan fingerprint density at radius 1 is 1.71 bits per heavy atom. The molecule has 0 heterocycles. The van der Waals surface area contributed by atoms with Crippen LogP contribution in [-0.2, 0) is 4.79 Å². The van der Waals surface area contributed by atoms with Gasteiger partial charge >= 0.3 is 0 Å². The van der Waals surface area contributed by atoms with Gasteiger partial charge in [0.1, 0.15) is 0 Å². The number of hydrogen-bond donors (Lipinski definition) is 0. The second kappa shape index (κ2) is 3.59. The lowest BCUT2D eigenvalue weighted by molar-refractivity contribution is -0.112. The van der Waals surface area contributed by atoms with Crippen LogP contribution in [0.5, 0.6) is 0 Å². The van der Waals surface area contributed by atoms with Gasteiger partial charge < -0.3 is 0 Å². The Labute approximate surface area is 44.0 Å². The molecule has 1 nitrogen and oxygen atoms in total. The van der Waals surface area contributed by atoms with E-state index < -0.39 is 0 Å². The first-order valence-electron chi connectivity index (χ1n) is 2.44. The Morgan fingerprint density at radius 3 is 2.43 bits per heavy atom. The zero-order chi connectivity index (χ0) is 5.70. The average Bonchev–Trinajstić information content (AvgIpc) is 1.61. The third-order valence-corrected chi connectivity index (χ3v) is 0.588. The molecule has 0 fully saturated rings. The normalized spacial score (nSPS) is 10.0. The number of allylic oxidation sites excluding steroid dienone is 2. The highest BCUT2D eigenvalue weighted by Crippen LogP contribution is 1.78. The first-order chi connectivity index (χ1) is 3.27. The molecule has 0 spiro atoms. The molecule has 0 aromatic heterocycles. The van der Waals surface area contributed by atoms with Gasteiger partial charge in [-0.15, -0.1) is 0 Å². The van der Waals surface area contributed by atoms with Gasteiger partial charge in [0.15, 0.2) is 5.78 Å². The van der Waals surface area contributed by atoms with Crippen molar-refractivity contribution in [3.63, 3.8) is 0 Å². The van der Waals surface area contributed by atoms with Crippen LogP contribution >= 0.6 is 0 Å². The monoisotopic (exact) mass is 98.1 g/mol. The van der Waals surface area contributed by atoms with Gasteiger partial charge in [0.25, 0.3) is 0 Å². The highest BCUT2D eigenvalue weighted by molar-refractivity contribution is 5.87. The van der Waals surface area contributed by atoms with E-state index in [1.54, 1.807) is 13.0 Å². The standard InChI is InChI=1S/C6H10O/c1-3-4-5-6(2)7/h4-5H,3H2,1-2H3/b5-4+. The number of ketones is 1. The largest absolute Gasteiger partial charge is 0.295 e. The summed E-state index contributed by atoms with van der Waals surface area (Å²) in [5.41, 5.74) is 0. The van der Waals surface area contributed by atoms with Crippen LogP contribution in [0.2, 0.25) is 0 Å². The van der Waals surface area contributed by atoms with E-state index in [4.69, 9.17) is 0 Å². The molecule has 0 N–H and O–H groups in total. The van der Waals surface area contributed by atoms with E-state index >= 15 is 0 Å². The van der Waals surface area contributed by atoms with Gasteiger partial charge in [-0.25, -0.2) is 0 Å². The maximum atomic E-state index is 10.1. The molecule has 0 aromatic carbocycles. The summed E-state index contributed by atoms with van der Waals surface area (Å²) in [6.07, 6.45) is 4.38. The molecule has 0 bridgehead atoms. The van der Waals surface area contributed by atoms with Gasteiger partial charge in [-0.2, -0.15) is 0 Å². The van der Waals surface area contributed by atoms with E-state index in [9.17, 15) is 4.79 Å². The zero-order valence-corrected chi connectivity index (χ0v) is 4.77. The van der Waals surface area contributed by atoms with Gasteiger partial charge in [0, 0.05) is 0 Å². The van der Waals surface area contributed by atoms with Crippen molar-refractivity contribution in [3.8, 4) is 0 Å². The van der Waals surface area contributed by atoms with Gasteiger partial charge in [-0.05, 0) is 19.4 Å². The fourth-order valence-corrected chi connectivity index (χ4v) is 0.284. The lowest BCUT2D eigenvalue weighted by atomic mass is 10.3. The van der Waals surface area contributed by atoms with Crippen molar-refractivity contribution < 1.29 is 4.79 Å². The van der Waals surface area contributed by atoms with E-state index in [1.165, 1.54) is 0 Å². The lowest BCUT2D eigenvalue weighted by Crippen LogP contribution is -1.77. The second-order valence-electron chi connectivity index (χ2n) is 1.42. The molecule has 0 rings (SSSR count). The number of hydrogen-bond acceptors (Lipinski definition) is 1. The molecule has 0 saturated carbocycles. The van der Waals surface area contributed by atoms with Crippen LogP contribution in [0.1, 0.15) is 20.3 Å². The summed E-state index contributed by atoms with van der Waals surface area (Å²) in [5.74, 6) is 0.127. The van der Waals surface area contributed by atoms with Crippen LogP contribution in [0, 0.1) is 0 Å². The minimum Gasteiger partial charge on any atom is -0.295 e. The Morgan fingerprint density at radius 2 is 2.29 bits per heavy atom. The Balaban J connectivity index is 3.26. The van der Waals surface area contributed by atoms with Crippen molar-refractivity contribution >= 4 is 5.78 Å². The quantitative estimate of drug-likeness (QED) is 0.479. The molecule has 7 heavy (non-hydrogen) atoms. The predicted octanol–water partition coefficient (Wildman–Crippen LogP) is 1.54. The minimum absolute atomic E-state index is 0.127. The fourth-order valence-electron chi connectivity index (χ4n) is 0.284. The maximum absolute atomic E-state index is 10.1. The molecule has 0 aliphatic carbocycles. The van der Waals surface area contributed by atoms with Gasteiger partial charge in [0.05, 0.1) is 0 Å². The van der Waals surface area contributed by atoms with Gasteiger partial charge in [-0.3, -0.25) is 4.79 Å². The van der Waals surface area contributed by atoms with Crippen molar-refractivity contribution in [2.45, 2.75) is 20.3 Å². The zero-order valence-electron chi connectivity index (χ0n) is 4.77. The van der Waals surface area contributed by atoms with Crippen LogP contribution in [0.4, 0.5) is 0 Å². The molecule has 0 atom stereocenters. The lowest BCUT2D eigenvalue weighted by Gasteiger charge is -1.73.